The summed E-state index contributed by atoms with van der Waals surface area (Å²) in [5, 5.41) is 0. The molecule has 1 fully saturated rings. The maximum absolute atomic E-state index is 12.0. The number of sulfone groups is 1. The summed E-state index contributed by atoms with van der Waals surface area (Å²) in [6.45, 7) is 1.55. The van der Waals surface area contributed by atoms with Gasteiger partial charge in [0, 0.05) is 28.9 Å². The van der Waals surface area contributed by atoms with E-state index in [4.69, 9.17) is 5.73 Å². The second-order valence-electron chi connectivity index (χ2n) is 5.22. The lowest BCUT2D eigenvalue weighted by molar-refractivity contribution is 0.309. The summed E-state index contributed by atoms with van der Waals surface area (Å²) >= 11 is 3.50. The molecule has 6 heteroatoms. The van der Waals surface area contributed by atoms with E-state index in [-0.39, 0.29) is 6.04 Å². The van der Waals surface area contributed by atoms with Crippen molar-refractivity contribution in [3.05, 3.63) is 28.2 Å². The first kappa shape index (κ1) is 15.0. The summed E-state index contributed by atoms with van der Waals surface area (Å²) in [5.41, 5.74) is 6.61. The molecule has 0 amide bonds. The van der Waals surface area contributed by atoms with Crippen LogP contribution in [0.5, 0.6) is 0 Å². The molecule has 0 spiro atoms. The lowest BCUT2D eigenvalue weighted by Gasteiger charge is -2.23. The smallest absolute Gasteiger partial charge is 0.175 e. The van der Waals surface area contributed by atoms with Crippen LogP contribution in [0, 0.1) is 5.92 Å². The quantitative estimate of drug-likeness (QED) is 0.906. The lowest BCUT2D eigenvalue weighted by atomic mass is 10.00. The lowest BCUT2D eigenvalue weighted by Crippen LogP contribution is -2.21. The van der Waals surface area contributed by atoms with Gasteiger partial charge >= 0.3 is 0 Å². The summed E-state index contributed by atoms with van der Waals surface area (Å²) in [6, 6.07) is 5.44. The minimum atomic E-state index is -3.23. The largest absolute Gasteiger partial charge is 0.330 e. The number of likely N-dealkylation sites (tertiary alicyclic amines) is 1. The third-order valence-electron chi connectivity index (χ3n) is 3.71. The Hall–Kier alpha value is -0.430. The van der Waals surface area contributed by atoms with E-state index in [2.05, 4.69) is 20.8 Å². The normalized spacial score (nSPS) is 24.8. The number of nitrogens with zero attached hydrogens (tertiary/aromatic N) is 1. The molecular weight excluding hydrogens is 328 g/mol. The van der Waals surface area contributed by atoms with Crippen molar-refractivity contribution in [2.45, 2.75) is 17.4 Å². The van der Waals surface area contributed by atoms with Gasteiger partial charge in [0.25, 0.3) is 0 Å². The standard InChI is InChI=1S/C13H19BrN2O2S/c1-16-8-9(7-15)6-11(16)13-10(14)4-3-5-12(13)19(2,17)18/h3-5,9,11H,6-8,15H2,1-2H3. The Morgan fingerprint density at radius 2 is 2.16 bits per heavy atom. The van der Waals surface area contributed by atoms with Crippen molar-refractivity contribution in [1.82, 2.24) is 4.90 Å². The van der Waals surface area contributed by atoms with Gasteiger partial charge in [-0.05, 0) is 38.1 Å². The summed E-state index contributed by atoms with van der Waals surface area (Å²) in [6.07, 6.45) is 2.16. The Labute approximate surface area is 123 Å². The Morgan fingerprint density at radius 3 is 2.68 bits per heavy atom. The molecule has 0 radical (unpaired) electrons. The van der Waals surface area contributed by atoms with Crippen molar-refractivity contribution in [2.75, 3.05) is 26.4 Å². The first-order valence-electron chi connectivity index (χ1n) is 6.23. The fraction of sp³-hybridized carbons (Fsp3) is 0.538. The molecule has 0 bridgehead atoms. The average Bonchev–Trinajstić information content (AvgIpc) is 2.69. The molecule has 0 aliphatic carbocycles. The van der Waals surface area contributed by atoms with Crippen LogP contribution in [0.1, 0.15) is 18.0 Å². The average molecular weight is 347 g/mol. The van der Waals surface area contributed by atoms with E-state index in [9.17, 15) is 8.42 Å². The van der Waals surface area contributed by atoms with Gasteiger partial charge in [-0.15, -0.1) is 0 Å². The zero-order chi connectivity index (χ0) is 14.2. The molecule has 2 N–H and O–H groups in total. The maximum Gasteiger partial charge on any atom is 0.175 e. The van der Waals surface area contributed by atoms with Gasteiger partial charge in [0.05, 0.1) is 4.90 Å². The highest BCUT2D eigenvalue weighted by molar-refractivity contribution is 9.10. The van der Waals surface area contributed by atoms with Crippen LogP contribution >= 0.6 is 15.9 Å². The Morgan fingerprint density at radius 1 is 1.47 bits per heavy atom. The summed E-state index contributed by atoms with van der Waals surface area (Å²) in [4.78, 5) is 2.60. The molecule has 2 unspecified atom stereocenters. The molecule has 1 aromatic carbocycles. The van der Waals surface area contributed by atoms with Crippen LogP contribution in [0.15, 0.2) is 27.6 Å². The van der Waals surface area contributed by atoms with Crippen molar-refractivity contribution in [2.24, 2.45) is 11.7 Å². The molecule has 4 nitrogen and oxygen atoms in total. The van der Waals surface area contributed by atoms with Crippen LogP contribution in [0.2, 0.25) is 0 Å². The monoisotopic (exact) mass is 346 g/mol. The highest BCUT2D eigenvalue weighted by atomic mass is 79.9. The van der Waals surface area contributed by atoms with Gasteiger partial charge in [0.1, 0.15) is 0 Å². The number of nitrogens with two attached hydrogens (primary N) is 1. The molecule has 1 aliphatic heterocycles. The molecule has 1 aliphatic rings. The fourth-order valence-corrected chi connectivity index (χ4v) is 4.51. The minimum Gasteiger partial charge on any atom is -0.330 e. The molecule has 2 rings (SSSR count). The molecule has 1 saturated heterocycles. The van der Waals surface area contributed by atoms with Gasteiger partial charge in [-0.3, -0.25) is 4.90 Å². The number of hydrogen-bond acceptors (Lipinski definition) is 4. The first-order chi connectivity index (χ1) is 8.84. The van der Waals surface area contributed by atoms with Crippen LogP contribution in [0.25, 0.3) is 0 Å². The molecule has 2 atom stereocenters. The van der Waals surface area contributed by atoms with E-state index in [1.165, 1.54) is 6.26 Å². The molecule has 0 aromatic heterocycles. The van der Waals surface area contributed by atoms with E-state index < -0.39 is 9.84 Å². The molecular formula is C13H19BrN2O2S. The Kier molecular flexibility index (Phi) is 4.35. The van der Waals surface area contributed by atoms with Crippen LogP contribution in [-0.2, 0) is 9.84 Å². The highest BCUT2D eigenvalue weighted by Crippen LogP contribution is 2.40. The van der Waals surface area contributed by atoms with Gasteiger partial charge in [-0.1, -0.05) is 22.0 Å². The van der Waals surface area contributed by atoms with Gasteiger partial charge in [0.2, 0.25) is 0 Å². The predicted molar refractivity (Wildman–Crippen MR) is 79.8 cm³/mol. The zero-order valence-electron chi connectivity index (χ0n) is 11.1. The Balaban J connectivity index is 2.51. The minimum absolute atomic E-state index is 0.105. The number of benzene rings is 1. The summed E-state index contributed by atoms with van der Waals surface area (Å²) in [5.74, 6) is 0.425. The van der Waals surface area contributed by atoms with Crippen molar-refractivity contribution in [1.29, 1.82) is 0 Å². The predicted octanol–water partition coefficient (Wildman–Crippen LogP) is 1.80. The Bertz CT molecular complexity index is 574. The van der Waals surface area contributed by atoms with Gasteiger partial charge in [-0.2, -0.15) is 0 Å². The van der Waals surface area contributed by atoms with Crippen molar-refractivity contribution >= 4 is 25.8 Å². The molecule has 1 heterocycles. The molecule has 0 saturated carbocycles. The van der Waals surface area contributed by atoms with Crippen LogP contribution in [0.3, 0.4) is 0 Å². The number of rotatable bonds is 3. The van der Waals surface area contributed by atoms with Gasteiger partial charge in [-0.25, -0.2) is 8.42 Å². The highest BCUT2D eigenvalue weighted by Gasteiger charge is 2.33. The van der Waals surface area contributed by atoms with E-state index in [0.717, 1.165) is 23.0 Å². The van der Waals surface area contributed by atoms with Gasteiger partial charge < -0.3 is 5.73 Å². The van der Waals surface area contributed by atoms with E-state index >= 15 is 0 Å². The van der Waals surface area contributed by atoms with E-state index in [1.54, 1.807) is 12.1 Å². The topological polar surface area (TPSA) is 63.4 Å². The van der Waals surface area contributed by atoms with E-state index in [0.29, 0.717) is 17.4 Å². The van der Waals surface area contributed by atoms with Gasteiger partial charge in [0.15, 0.2) is 9.84 Å². The van der Waals surface area contributed by atoms with Crippen molar-refractivity contribution in [3.63, 3.8) is 0 Å². The van der Waals surface area contributed by atoms with Crippen LogP contribution in [-0.4, -0.2) is 39.7 Å². The summed E-state index contributed by atoms with van der Waals surface area (Å²) < 4.78 is 24.8. The van der Waals surface area contributed by atoms with E-state index in [1.807, 2.05) is 13.1 Å². The third-order valence-corrected chi connectivity index (χ3v) is 5.56. The molecule has 1 aromatic rings. The number of hydrogen-bond donors (Lipinski definition) is 1. The molecule has 106 valence electrons. The van der Waals surface area contributed by atoms with Crippen molar-refractivity contribution < 1.29 is 8.42 Å². The second kappa shape index (κ2) is 5.52. The first-order valence-corrected chi connectivity index (χ1v) is 8.91. The maximum atomic E-state index is 12.0. The zero-order valence-corrected chi connectivity index (χ0v) is 13.5. The van der Waals surface area contributed by atoms with Crippen molar-refractivity contribution in [3.8, 4) is 0 Å². The summed E-state index contributed by atoms with van der Waals surface area (Å²) in [7, 11) is -1.21. The number of halogens is 1. The third kappa shape index (κ3) is 3.02. The van der Waals surface area contributed by atoms with Crippen LogP contribution in [0.4, 0.5) is 0 Å². The SMILES string of the molecule is CN1CC(CN)CC1c1c(Br)cccc1S(C)(=O)=O. The van der Waals surface area contributed by atoms with Crippen LogP contribution < -0.4 is 5.73 Å². The molecule has 19 heavy (non-hydrogen) atoms. The fourth-order valence-electron chi connectivity index (χ4n) is 2.78. The second-order valence-corrected chi connectivity index (χ2v) is 8.06.